The fourth-order valence-corrected chi connectivity index (χ4v) is 3.83. The van der Waals surface area contributed by atoms with Gasteiger partial charge >= 0.3 is 0 Å². The Morgan fingerprint density at radius 3 is 2.61 bits per heavy atom. The van der Waals surface area contributed by atoms with Crippen molar-refractivity contribution in [2.24, 2.45) is 0 Å². The van der Waals surface area contributed by atoms with Gasteiger partial charge in [0, 0.05) is 26.1 Å². The number of carbonyl (C=O) groups excluding carboxylic acids is 1. The largest absolute Gasteiger partial charge is 0.369 e. The maximum Gasteiger partial charge on any atom is 0.240 e. The first-order chi connectivity index (χ1) is 10.7. The van der Waals surface area contributed by atoms with Gasteiger partial charge in [0.15, 0.2) is 0 Å². The molecule has 1 unspecified atom stereocenters. The van der Waals surface area contributed by atoms with Crippen molar-refractivity contribution in [1.29, 1.82) is 0 Å². The molecule has 6 nitrogen and oxygen atoms in total. The van der Waals surface area contributed by atoms with Crippen LogP contribution in [0, 0.1) is 0 Å². The normalized spacial score (nSPS) is 21.2. The van der Waals surface area contributed by atoms with Gasteiger partial charge in [-0.05, 0) is 32.9 Å². The predicted octanol–water partition coefficient (Wildman–Crippen LogP) is 1.38. The minimum absolute atomic E-state index is 0.0243. The van der Waals surface area contributed by atoms with E-state index in [2.05, 4.69) is 4.72 Å². The third kappa shape index (κ3) is 5.02. The Morgan fingerprint density at radius 2 is 2.00 bits per heavy atom. The molecular weight excluding hydrogens is 316 g/mol. The minimum Gasteiger partial charge on any atom is -0.369 e. The second kappa shape index (κ2) is 6.98. The van der Waals surface area contributed by atoms with Crippen LogP contribution in [0.3, 0.4) is 0 Å². The molecule has 1 aliphatic heterocycles. The lowest BCUT2D eigenvalue weighted by Gasteiger charge is -2.41. The first-order valence-electron chi connectivity index (χ1n) is 7.70. The van der Waals surface area contributed by atoms with Crippen molar-refractivity contribution in [1.82, 2.24) is 9.62 Å². The summed E-state index contributed by atoms with van der Waals surface area (Å²) in [4.78, 5) is 14.2. The molecule has 2 rings (SSSR count). The fourth-order valence-electron chi connectivity index (χ4n) is 2.78. The number of hydrogen-bond donors (Lipinski definition) is 1. The molecule has 0 radical (unpaired) electrons. The lowest BCUT2D eigenvalue weighted by Crippen LogP contribution is -2.54. The highest BCUT2D eigenvalue weighted by Crippen LogP contribution is 2.21. The van der Waals surface area contributed by atoms with E-state index in [-0.39, 0.29) is 35.5 Å². The van der Waals surface area contributed by atoms with Gasteiger partial charge < -0.3 is 9.64 Å². The second-order valence-electron chi connectivity index (χ2n) is 6.42. The summed E-state index contributed by atoms with van der Waals surface area (Å²) in [5, 5.41) is 0. The summed E-state index contributed by atoms with van der Waals surface area (Å²) in [6, 6.07) is 8.13. The Kier molecular flexibility index (Phi) is 5.44. The van der Waals surface area contributed by atoms with Gasteiger partial charge in [0.2, 0.25) is 15.9 Å². The summed E-state index contributed by atoms with van der Waals surface area (Å²) in [6.07, 6.45) is 0.109. The van der Waals surface area contributed by atoms with Crippen LogP contribution >= 0.6 is 0 Å². The maximum atomic E-state index is 12.3. The number of amides is 1. The first kappa shape index (κ1) is 17.9. The van der Waals surface area contributed by atoms with E-state index in [0.717, 1.165) is 0 Å². The highest BCUT2D eigenvalue weighted by Gasteiger charge is 2.33. The van der Waals surface area contributed by atoms with Crippen molar-refractivity contribution in [3.8, 4) is 0 Å². The second-order valence-corrected chi connectivity index (χ2v) is 8.19. The van der Waals surface area contributed by atoms with Gasteiger partial charge in [0.05, 0.1) is 16.6 Å². The molecule has 1 aromatic carbocycles. The standard InChI is InChI=1S/C16H24N2O4S/c1-13-11-18(12-16(2,3)22-13)15(19)9-10-17-23(20,21)14-7-5-4-6-8-14/h4-8,13,17H,9-12H2,1-3H3. The Bertz CT molecular complexity index is 643. The third-order valence-corrected chi connectivity index (χ3v) is 5.08. The van der Waals surface area contributed by atoms with Gasteiger partial charge in [-0.25, -0.2) is 13.1 Å². The molecule has 1 atom stereocenters. The monoisotopic (exact) mass is 340 g/mol. The number of rotatable bonds is 5. The van der Waals surface area contributed by atoms with E-state index >= 15 is 0 Å². The Balaban J connectivity index is 1.88. The fraction of sp³-hybridized carbons (Fsp3) is 0.562. The lowest BCUT2D eigenvalue weighted by atomic mass is 10.1. The Hall–Kier alpha value is -1.44. The van der Waals surface area contributed by atoms with Crippen molar-refractivity contribution in [2.75, 3.05) is 19.6 Å². The number of nitrogens with zero attached hydrogens (tertiary/aromatic N) is 1. The van der Waals surface area contributed by atoms with Crippen molar-refractivity contribution >= 4 is 15.9 Å². The molecule has 7 heteroatoms. The van der Waals surface area contributed by atoms with Gasteiger partial charge in [-0.15, -0.1) is 0 Å². The van der Waals surface area contributed by atoms with Crippen LogP contribution in [-0.2, 0) is 19.6 Å². The van der Waals surface area contributed by atoms with Crippen molar-refractivity contribution in [3.63, 3.8) is 0 Å². The van der Waals surface area contributed by atoms with Gasteiger partial charge in [0.1, 0.15) is 0 Å². The maximum absolute atomic E-state index is 12.3. The van der Waals surface area contributed by atoms with Gasteiger partial charge in [-0.3, -0.25) is 4.79 Å². The summed E-state index contributed by atoms with van der Waals surface area (Å²) in [5.41, 5.74) is -0.378. The molecule has 1 N–H and O–H groups in total. The van der Waals surface area contributed by atoms with E-state index in [1.54, 1.807) is 23.1 Å². The SMILES string of the molecule is CC1CN(C(=O)CCNS(=O)(=O)c2ccccc2)CC(C)(C)O1. The summed E-state index contributed by atoms with van der Waals surface area (Å²) in [5.74, 6) is -0.0658. The molecule has 1 aromatic rings. The highest BCUT2D eigenvalue weighted by atomic mass is 32.2. The van der Waals surface area contributed by atoms with E-state index in [9.17, 15) is 13.2 Å². The van der Waals surface area contributed by atoms with Crippen LogP contribution in [0.2, 0.25) is 0 Å². The van der Waals surface area contributed by atoms with Crippen LogP contribution in [-0.4, -0.2) is 50.6 Å². The average Bonchev–Trinajstić information content (AvgIpc) is 2.45. The number of sulfonamides is 1. The number of ether oxygens (including phenoxy) is 1. The van der Waals surface area contributed by atoms with Gasteiger partial charge in [-0.2, -0.15) is 0 Å². The molecule has 0 aromatic heterocycles. The number of carbonyl (C=O) groups is 1. The van der Waals surface area contributed by atoms with Crippen LogP contribution in [0.1, 0.15) is 27.2 Å². The molecule has 1 heterocycles. The van der Waals surface area contributed by atoms with Crippen LogP contribution in [0.15, 0.2) is 35.2 Å². The topological polar surface area (TPSA) is 75.7 Å². The minimum atomic E-state index is -3.57. The molecule has 128 valence electrons. The molecule has 1 amide bonds. The van der Waals surface area contributed by atoms with Crippen LogP contribution in [0.4, 0.5) is 0 Å². The predicted molar refractivity (Wildman–Crippen MR) is 87.5 cm³/mol. The summed E-state index contributed by atoms with van der Waals surface area (Å²) >= 11 is 0. The Labute approximate surface area is 137 Å². The number of benzene rings is 1. The molecule has 0 aliphatic carbocycles. The average molecular weight is 340 g/mol. The number of nitrogens with one attached hydrogen (secondary N) is 1. The van der Waals surface area contributed by atoms with Crippen LogP contribution < -0.4 is 4.72 Å². The van der Waals surface area contributed by atoms with E-state index < -0.39 is 10.0 Å². The van der Waals surface area contributed by atoms with Crippen LogP contribution in [0.5, 0.6) is 0 Å². The Morgan fingerprint density at radius 1 is 1.35 bits per heavy atom. The quantitative estimate of drug-likeness (QED) is 0.879. The van der Waals surface area contributed by atoms with Gasteiger partial charge in [-0.1, -0.05) is 18.2 Å². The molecule has 0 saturated carbocycles. The van der Waals surface area contributed by atoms with Gasteiger partial charge in [0.25, 0.3) is 0 Å². The summed E-state index contributed by atoms with van der Waals surface area (Å²) < 4.78 is 32.4. The first-order valence-corrected chi connectivity index (χ1v) is 9.18. The third-order valence-electron chi connectivity index (χ3n) is 3.61. The van der Waals surface area contributed by atoms with Crippen molar-refractivity contribution in [3.05, 3.63) is 30.3 Å². The molecule has 0 bridgehead atoms. The molecule has 1 aliphatic rings. The lowest BCUT2D eigenvalue weighted by molar-refractivity contribution is -0.157. The zero-order valence-corrected chi connectivity index (χ0v) is 14.6. The van der Waals surface area contributed by atoms with Crippen LogP contribution in [0.25, 0.3) is 0 Å². The zero-order chi connectivity index (χ0) is 17.1. The zero-order valence-electron chi connectivity index (χ0n) is 13.8. The molecule has 1 fully saturated rings. The molecule has 0 spiro atoms. The molecule has 1 saturated heterocycles. The van der Waals surface area contributed by atoms with Crippen molar-refractivity contribution < 1.29 is 17.9 Å². The van der Waals surface area contributed by atoms with E-state index in [4.69, 9.17) is 4.74 Å². The van der Waals surface area contributed by atoms with E-state index in [1.807, 2.05) is 20.8 Å². The summed E-state index contributed by atoms with van der Waals surface area (Å²) in [7, 11) is -3.57. The number of morpholine rings is 1. The van der Waals surface area contributed by atoms with E-state index in [1.165, 1.54) is 12.1 Å². The van der Waals surface area contributed by atoms with Crippen molar-refractivity contribution in [2.45, 2.75) is 43.8 Å². The highest BCUT2D eigenvalue weighted by molar-refractivity contribution is 7.89. The molecule has 23 heavy (non-hydrogen) atoms. The molecular formula is C16H24N2O4S. The summed E-state index contributed by atoms with van der Waals surface area (Å²) in [6.45, 7) is 6.96. The van der Waals surface area contributed by atoms with E-state index in [0.29, 0.717) is 13.1 Å². The smallest absolute Gasteiger partial charge is 0.240 e. The number of hydrogen-bond acceptors (Lipinski definition) is 4.